The van der Waals surface area contributed by atoms with Crippen LogP contribution < -0.4 is 14.8 Å². The maximum atomic E-state index is 12.7. The minimum Gasteiger partial charge on any atom is -0.497 e. The zero-order valence-electron chi connectivity index (χ0n) is 20.2. The van der Waals surface area contributed by atoms with Crippen molar-refractivity contribution in [3.8, 4) is 46.0 Å². The first-order chi connectivity index (χ1) is 18.1. The molecule has 0 unspecified atom stereocenters. The molecule has 3 aromatic carbocycles. The molecule has 0 aliphatic heterocycles. The van der Waals surface area contributed by atoms with Gasteiger partial charge in [0, 0.05) is 11.1 Å². The molecule has 0 aliphatic carbocycles. The lowest BCUT2D eigenvalue weighted by Crippen LogP contribution is -2.15. The van der Waals surface area contributed by atoms with Crippen molar-refractivity contribution < 1.29 is 14.3 Å². The monoisotopic (exact) mass is 506 g/mol. The fraction of sp³-hybridized carbons (Fsp3) is 0.103. The molecule has 0 atom stereocenters. The molecule has 182 valence electrons. The van der Waals surface area contributed by atoms with E-state index in [1.54, 1.807) is 38.5 Å². The molecule has 7 nitrogen and oxygen atoms in total. The van der Waals surface area contributed by atoms with E-state index in [1.165, 1.54) is 11.8 Å². The first-order valence-electron chi connectivity index (χ1n) is 11.2. The molecule has 0 radical (unpaired) electrons. The van der Waals surface area contributed by atoms with E-state index in [-0.39, 0.29) is 11.7 Å². The number of hydrogen-bond donors (Lipinski definition) is 1. The number of nitrogens with zero attached hydrogens (tertiary/aromatic N) is 3. The number of amides is 1. The van der Waals surface area contributed by atoms with E-state index in [2.05, 4.69) is 17.5 Å². The summed E-state index contributed by atoms with van der Waals surface area (Å²) in [5.74, 6) is 1.13. The number of methoxy groups -OCH3 is 2. The zero-order chi connectivity index (χ0) is 26.2. The van der Waals surface area contributed by atoms with Crippen LogP contribution in [0.5, 0.6) is 11.5 Å². The van der Waals surface area contributed by atoms with Crippen LogP contribution in [0.3, 0.4) is 0 Å². The van der Waals surface area contributed by atoms with Crippen LogP contribution in [0.1, 0.15) is 11.1 Å². The fourth-order valence-electron chi connectivity index (χ4n) is 3.65. The highest BCUT2D eigenvalue weighted by atomic mass is 32.2. The van der Waals surface area contributed by atoms with Gasteiger partial charge < -0.3 is 14.8 Å². The third-order valence-corrected chi connectivity index (χ3v) is 6.52. The SMILES string of the molecule is COc1ccc(-c2cc(-c3ccc(OC)cc3)c(C#N)c(SCC(=O)Nc3ccccc3C#N)n2)cc1. The minimum atomic E-state index is -0.306. The maximum Gasteiger partial charge on any atom is 0.234 e. The van der Waals surface area contributed by atoms with Crippen LogP contribution >= 0.6 is 11.8 Å². The third-order valence-electron chi connectivity index (χ3n) is 5.55. The van der Waals surface area contributed by atoms with E-state index >= 15 is 0 Å². The molecular weight excluding hydrogens is 484 g/mol. The summed E-state index contributed by atoms with van der Waals surface area (Å²) in [5, 5.41) is 22.6. The number of pyridine rings is 1. The molecule has 0 bridgehead atoms. The highest BCUT2D eigenvalue weighted by Gasteiger charge is 2.18. The first-order valence-corrected chi connectivity index (χ1v) is 12.2. The number of nitrogens with one attached hydrogen (secondary N) is 1. The minimum absolute atomic E-state index is 0.00949. The van der Waals surface area contributed by atoms with Crippen molar-refractivity contribution in [2.45, 2.75) is 5.03 Å². The Hall–Kier alpha value is -4.79. The van der Waals surface area contributed by atoms with Gasteiger partial charge in [0.25, 0.3) is 0 Å². The van der Waals surface area contributed by atoms with Gasteiger partial charge in [0.05, 0.1) is 42.5 Å². The number of aromatic nitrogens is 1. The molecule has 0 saturated heterocycles. The van der Waals surface area contributed by atoms with Crippen molar-refractivity contribution in [2.24, 2.45) is 0 Å². The fourth-order valence-corrected chi connectivity index (χ4v) is 4.45. The Bertz CT molecular complexity index is 1500. The van der Waals surface area contributed by atoms with E-state index in [0.29, 0.717) is 38.8 Å². The Morgan fingerprint density at radius 2 is 1.51 bits per heavy atom. The molecule has 1 N–H and O–H groups in total. The van der Waals surface area contributed by atoms with E-state index in [1.807, 2.05) is 54.6 Å². The summed E-state index contributed by atoms with van der Waals surface area (Å²) in [4.78, 5) is 17.5. The van der Waals surface area contributed by atoms with Crippen LogP contribution in [0, 0.1) is 22.7 Å². The van der Waals surface area contributed by atoms with Crippen molar-refractivity contribution in [3.05, 3.63) is 90.0 Å². The Labute approximate surface area is 219 Å². The zero-order valence-corrected chi connectivity index (χ0v) is 21.0. The second-order valence-electron chi connectivity index (χ2n) is 7.80. The number of anilines is 1. The molecule has 0 aliphatic rings. The lowest BCUT2D eigenvalue weighted by Gasteiger charge is -2.13. The number of hydrogen-bond acceptors (Lipinski definition) is 7. The summed E-state index contributed by atoms with van der Waals surface area (Å²) in [6, 6.07) is 27.9. The van der Waals surface area contributed by atoms with Gasteiger partial charge in [-0.15, -0.1) is 0 Å². The van der Waals surface area contributed by atoms with Gasteiger partial charge >= 0.3 is 0 Å². The number of ether oxygens (including phenoxy) is 2. The molecule has 1 aromatic heterocycles. The van der Waals surface area contributed by atoms with Gasteiger partial charge in [-0.3, -0.25) is 4.79 Å². The Balaban J connectivity index is 1.70. The quantitative estimate of drug-likeness (QED) is 0.296. The molecule has 0 spiro atoms. The van der Waals surface area contributed by atoms with E-state index in [0.717, 1.165) is 16.9 Å². The number of benzene rings is 3. The van der Waals surface area contributed by atoms with Crippen molar-refractivity contribution in [1.82, 2.24) is 4.98 Å². The van der Waals surface area contributed by atoms with E-state index < -0.39 is 0 Å². The highest BCUT2D eigenvalue weighted by molar-refractivity contribution is 8.00. The normalized spacial score (nSPS) is 10.2. The molecule has 1 heterocycles. The number of nitriles is 2. The molecule has 8 heteroatoms. The summed E-state index contributed by atoms with van der Waals surface area (Å²) in [5.41, 5.74) is 4.21. The Kier molecular flexibility index (Phi) is 8.05. The van der Waals surface area contributed by atoms with Crippen molar-refractivity contribution >= 4 is 23.4 Å². The van der Waals surface area contributed by atoms with Gasteiger partial charge in [-0.1, -0.05) is 36.0 Å². The summed E-state index contributed by atoms with van der Waals surface area (Å²) >= 11 is 1.17. The van der Waals surface area contributed by atoms with Crippen LogP contribution in [-0.4, -0.2) is 30.9 Å². The number of para-hydroxylation sites is 1. The number of carbonyl (C=O) groups is 1. The van der Waals surface area contributed by atoms with Gasteiger partial charge in [0.1, 0.15) is 28.7 Å². The topological polar surface area (TPSA) is 108 Å². The molecule has 4 rings (SSSR count). The van der Waals surface area contributed by atoms with Gasteiger partial charge in [-0.25, -0.2) is 4.98 Å². The molecule has 0 fully saturated rings. The number of carbonyl (C=O) groups excluding carboxylic acids is 1. The molecular formula is C29H22N4O3S. The summed E-state index contributed by atoms with van der Waals surface area (Å²) < 4.78 is 10.5. The van der Waals surface area contributed by atoms with Gasteiger partial charge in [-0.2, -0.15) is 10.5 Å². The summed E-state index contributed by atoms with van der Waals surface area (Å²) in [6.45, 7) is 0. The standard InChI is InChI=1S/C29H22N4O3S/c1-35-22-11-7-19(8-12-22)24-15-27(20-9-13-23(36-2)14-10-20)33-29(25(24)17-31)37-18-28(34)32-26-6-4-3-5-21(26)16-30/h3-15H,18H2,1-2H3,(H,32,34). The van der Waals surface area contributed by atoms with Crippen molar-refractivity contribution in [2.75, 3.05) is 25.3 Å². The lowest BCUT2D eigenvalue weighted by atomic mass is 9.99. The first kappa shape index (κ1) is 25.3. The Morgan fingerprint density at radius 1 is 0.892 bits per heavy atom. The lowest BCUT2D eigenvalue weighted by molar-refractivity contribution is -0.113. The molecule has 1 amide bonds. The average molecular weight is 507 g/mol. The second kappa shape index (κ2) is 11.8. The van der Waals surface area contributed by atoms with Gasteiger partial charge in [0.15, 0.2) is 0 Å². The smallest absolute Gasteiger partial charge is 0.234 e. The second-order valence-corrected chi connectivity index (χ2v) is 8.76. The molecule has 4 aromatic rings. The molecule has 0 saturated carbocycles. The summed E-state index contributed by atoms with van der Waals surface area (Å²) in [7, 11) is 3.20. The van der Waals surface area contributed by atoms with E-state index in [9.17, 15) is 15.3 Å². The van der Waals surface area contributed by atoms with Gasteiger partial charge in [0.2, 0.25) is 5.91 Å². The maximum absolute atomic E-state index is 12.7. The number of thioether (sulfide) groups is 1. The Morgan fingerprint density at radius 3 is 2.11 bits per heavy atom. The van der Waals surface area contributed by atoms with Crippen LogP contribution in [-0.2, 0) is 4.79 Å². The van der Waals surface area contributed by atoms with Crippen molar-refractivity contribution in [3.63, 3.8) is 0 Å². The third kappa shape index (κ3) is 5.90. The average Bonchev–Trinajstić information content (AvgIpc) is 2.96. The predicted molar refractivity (Wildman–Crippen MR) is 143 cm³/mol. The van der Waals surface area contributed by atoms with Crippen LogP contribution in [0.15, 0.2) is 83.9 Å². The number of rotatable bonds is 8. The van der Waals surface area contributed by atoms with Crippen LogP contribution in [0.2, 0.25) is 0 Å². The van der Waals surface area contributed by atoms with Crippen LogP contribution in [0.25, 0.3) is 22.4 Å². The van der Waals surface area contributed by atoms with Gasteiger partial charge in [-0.05, 0) is 60.2 Å². The summed E-state index contributed by atoms with van der Waals surface area (Å²) in [6.07, 6.45) is 0. The predicted octanol–water partition coefficient (Wildman–Crippen LogP) is 5.91. The highest BCUT2D eigenvalue weighted by Crippen LogP contribution is 2.35. The van der Waals surface area contributed by atoms with Crippen LogP contribution in [0.4, 0.5) is 5.69 Å². The van der Waals surface area contributed by atoms with Crippen molar-refractivity contribution in [1.29, 1.82) is 10.5 Å². The van der Waals surface area contributed by atoms with E-state index in [4.69, 9.17) is 14.5 Å². The largest absolute Gasteiger partial charge is 0.497 e. The molecule has 37 heavy (non-hydrogen) atoms.